The second kappa shape index (κ2) is 12.5. The first-order valence-electron chi connectivity index (χ1n) is 13.3. The average molecular weight is 565 g/mol. The highest BCUT2D eigenvalue weighted by molar-refractivity contribution is 5.92. The Bertz CT molecular complexity index is 1550. The second-order valence-corrected chi connectivity index (χ2v) is 10.3. The Morgan fingerprint density at radius 2 is 1.05 bits per heavy atom. The maximum Gasteiger partial charge on any atom is 0.238 e. The van der Waals surface area contributed by atoms with Crippen LogP contribution < -0.4 is 10.6 Å². The summed E-state index contributed by atoms with van der Waals surface area (Å²) in [7, 11) is 7.40. The first-order chi connectivity index (χ1) is 20.2. The molecule has 214 valence electrons. The van der Waals surface area contributed by atoms with Crippen molar-refractivity contribution < 1.29 is 9.59 Å². The van der Waals surface area contributed by atoms with Gasteiger partial charge in [0.15, 0.2) is 0 Å². The number of benzene rings is 3. The fourth-order valence-electron chi connectivity index (χ4n) is 4.25. The predicted octanol–water partition coefficient (Wildman–Crippen LogP) is 3.18. The molecule has 0 radical (unpaired) electrons. The van der Waals surface area contributed by atoms with Crippen molar-refractivity contribution in [3.8, 4) is 33.9 Å². The van der Waals surface area contributed by atoms with Crippen LogP contribution >= 0.6 is 0 Å². The molecule has 0 spiro atoms. The van der Waals surface area contributed by atoms with Gasteiger partial charge in [0.05, 0.1) is 36.9 Å². The van der Waals surface area contributed by atoms with Gasteiger partial charge in [-0.2, -0.15) is 0 Å². The van der Waals surface area contributed by atoms with Gasteiger partial charge in [-0.1, -0.05) is 28.6 Å². The third-order valence-corrected chi connectivity index (χ3v) is 6.19. The van der Waals surface area contributed by atoms with Crippen molar-refractivity contribution in [2.45, 2.75) is 0 Å². The maximum absolute atomic E-state index is 12.0. The van der Waals surface area contributed by atoms with E-state index in [0.29, 0.717) is 24.5 Å². The van der Waals surface area contributed by atoms with Crippen LogP contribution in [0.2, 0.25) is 0 Å². The summed E-state index contributed by atoms with van der Waals surface area (Å²) in [5.74, 6) is -0.149. The molecule has 0 saturated heterocycles. The van der Waals surface area contributed by atoms with Gasteiger partial charge in [0.1, 0.15) is 11.4 Å². The smallest absolute Gasteiger partial charge is 0.238 e. The molecule has 0 aliphatic carbocycles. The van der Waals surface area contributed by atoms with E-state index in [0.717, 1.165) is 33.9 Å². The van der Waals surface area contributed by atoms with Gasteiger partial charge in [-0.3, -0.25) is 9.59 Å². The number of hydrogen-bond donors (Lipinski definition) is 2. The van der Waals surface area contributed by atoms with E-state index in [1.165, 1.54) is 0 Å². The van der Waals surface area contributed by atoms with Gasteiger partial charge in [0.2, 0.25) is 11.8 Å². The number of hydrogen-bond acceptors (Lipinski definition) is 8. The highest BCUT2D eigenvalue weighted by Gasteiger charge is 2.11. The summed E-state index contributed by atoms with van der Waals surface area (Å²) >= 11 is 0. The Morgan fingerprint density at radius 3 is 1.43 bits per heavy atom. The SMILES string of the molecule is CN(C)CC(=O)Nc1ccc(-n2cc(-c3cccc(-c4cn(-c5ccc(NC(=O)CN(C)C)cc5)nn4)c3)nn2)cc1. The summed E-state index contributed by atoms with van der Waals surface area (Å²) < 4.78 is 3.38. The van der Waals surface area contributed by atoms with Gasteiger partial charge in [-0.15, -0.1) is 10.2 Å². The molecule has 2 aromatic heterocycles. The van der Waals surface area contributed by atoms with E-state index in [2.05, 4.69) is 31.3 Å². The largest absolute Gasteiger partial charge is 0.325 e. The zero-order valence-corrected chi connectivity index (χ0v) is 23.9. The number of carbonyl (C=O) groups excluding carboxylic acids is 2. The van der Waals surface area contributed by atoms with E-state index in [-0.39, 0.29) is 11.8 Å². The van der Waals surface area contributed by atoms with Crippen LogP contribution in [0.5, 0.6) is 0 Å². The second-order valence-electron chi connectivity index (χ2n) is 10.3. The molecule has 2 heterocycles. The zero-order chi connectivity index (χ0) is 29.6. The molecule has 0 unspecified atom stereocenters. The first-order valence-corrected chi connectivity index (χ1v) is 13.3. The topological polar surface area (TPSA) is 126 Å². The molecular formula is C30H32N10O2. The molecule has 3 aromatic carbocycles. The van der Waals surface area contributed by atoms with Crippen molar-refractivity contribution in [3.05, 3.63) is 85.2 Å². The molecule has 0 aliphatic rings. The highest BCUT2D eigenvalue weighted by Crippen LogP contribution is 2.25. The highest BCUT2D eigenvalue weighted by atomic mass is 16.2. The zero-order valence-electron chi connectivity index (χ0n) is 23.9. The van der Waals surface area contributed by atoms with E-state index < -0.39 is 0 Å². The number of aromatic nitrogens is 6. The number of likely N-dealkylation sites (N-methyl/N-ethyl adjacent to an activating group) is 2. The Hall–Kier alpha value is -5.20. The number of nitrogens with one attached hydrogen (secondary N) is 2. The van der Waals surface area contributed by atoms with Crippen molar-refractivity contribution in [1.82, 2.24) is 39.8 Å². The van der Waals surface area contributed by atoms with Crippen molar-refractivity contribution >= 4 is 23.2 Å². The lowest BCUT2D eigenvalue weighted by atomic mass is 10.1. The predicted molar refractivity (Wildman–Crippen MR) is 162 cm³/mol. The third-order valence-electron chi connectivity index (χ3n) is 6.19. The molecule has 12 nitrogen and oxygen atoms in total. The molecule has 2 amide bonds. The van der Waals surface area contributed by atoms with E-state index in [4.69, 9.17) is 0 Å². The normalized spacial score (nSPS) is 11.2. The van der Waals surface area contributed by atoms with E-state index in [1.54, 1.807) is 9.36 Å². The van der Waals surface area contributed by atoms with Crippen molar-refractivity contribution in [2.24, 2.45) is 0 Å². The van der Waals surface area contributed by atoms with Crippen LogP contribution in [-0.4, -0.2) is 92.9 Å². The van der Waals surface area contributed by atoms with Crippen molar-refractivity contribution in [2.75, 3.05) is 51.9 Å². The summed E-state index contributed by atoms with van der Waals surface area (Å²) in [6, 6.07) is 22.7. The fraction of sp³-hybridized carbons (Fsp3) is 0.200. The standard InChI is InChI=1S/C30H32N10O2/c1-37(2)19-29(41)31-23-8-12-25(13-9-23)39-17-27(33-35-39)21-6-5-7-22(16-21)28-18-40(36-34-28)26-14-10-24(11-15-26)32-30(42)20-38(3)4/h5-18H,19-20H2,1-4H3,(H,31,41)(H,32,42). The van der Waals surface area contributed by atoms with Crippen LogP contribution in [0, 0.1) is 0 Å². The summed E-state index contributed by atoms with van der Waals surface area (Å²) in [6.45, 7) is 0.629. The summed E-state index contributed by atoms with van der Waals surface area (Å²) in [5.41, 5.74) is 6.27. The van der Waals surface area contributed by atoms with Gasteiger partial charge in [0, 0.05) is 22.5 Å². The number of nitrogens with zero attached hydrogens (tertiary/aromatic N) is 8. The lowest BCUT2D eigenvalue weighted by Crippen LogP contribution is -2.27. The van der Waals surface area contributed by atoms with E-state index in [1.807, 2.05) is 123 Å². The van der Waals surface area contributed by atoms with Gasteiger partial charge >= 0.3 is 0 Å². The van der Waals surface area contributed by atoms with E-state index in [9.17, 15) is 9.59 Å². The van der Waals surface area contributed by atoms with Crippen LogP contribution in [0.4, 0.5) is 11.4 Å². The van der Waals surface area contributed by atoms with Gasteiger partial charge in [0.25, 0.3) is 0 Å². The molecule has 42 heavy (non-hydrogen) atoms. The number of carbonyl (C=O) groups is 2. The molecule has 5 rings (SSSR count). The molecule has 0 aliphatic heterocycles. The lowest BCUT2D eigenvalue weighted by Gasteiger charge is -2.10. The van der Waals surface area contributed by atoms with Crippen LogP contribution in [0.1, 0.15) is 0 Å². The van der Waals surface area contributed by atoms with E-state index >= 15 is 0 Å². The minimum Gasteiger partial charge on any atom is -0.325 e. The van der Waals surface area contributed by atoms with Gasteiger partial charge in [-0.05, 0) is 82.8 Å². The van der Waals surface area contributed by atoms with Crippen LogP contribution in [0.3, 0.4) is 0 Å². The maximum atomic E-state index is 12.0. The summed E-state index contributed by atoms with van der Waals surface area (Å²) in [4.78, 5) is 27.6. The van der Waals surface area contributed by atoms with Crippen molar-refractivity contribution in [3.63, 3.8) is 0 Å². The molecule has 0 atom stereocenters. The average Bonchev–Trinajstić information content (AvgIpc) is 3.64. The van der Waals surface area contributed by atoms with Crippen LogP contribution in [0.15, 0.2) is 85.2 Å². The summed E-state index contributed by atoms with van der Waals surface area (Å²) in [6.07, 6.45) is 3.71. The van der Waals surface area contributed by atoms with Crippen LogP contribution in [0.25, 0.3) is 33.9 Å². The summed E-state index contributed by atoms with van der Waals surface area (Å²) in [5, 5.41) is 23.1. The quantitative estimate of drug-likeness (QED) is 0.265. The Labute approximate surface area is 243 Å². The minimum atomic E-state index is -0.0743. The molecular weight excluding hydrogens is 532 g/mol. The Balaban J connectivity index is 1.27. The number of amides is 2. The molecule has 5 aromatic rings. The first kappa shape index (κ1) is 28.3. The molecule has 0 saturated carbocycles. The minimum absolute atomic E-state index is 0.0743. The fourth-order valence-corrected chi connectivity index (χ4v) is 4.25. The lowest BCUT2D eigenvalue weighted by molar-refractivity contribution is -0.117. The third kappa shape index (κ3) is 7.11. The molecule has 0 bridgehead atoms. The van der Waals surface area contributed by atoms with Gasteiger partial charge in [-0.25, -0.2) is 9.36 Å². The van der Waals surface area contributed by atoms with Crippen LogP contribution in [-0.2, 0) is 9.59 Å². The molecule has 2 N–H and O–H groups in total. The number of anilines is 2. The van der Waals surface area contributed by atoms with Crippen molar-refractivity contribution in [1.29, 1.82) is 0 Å². The molecule has 0 fully saturated rings. The Morgan fingerprint density at radius 1 is 0.643 bits per heavy atom. The van der Waals surface area contributed by atoms with Gasteiger partial charge < -0.3 is 20.4 Å². The monoisotopic (exact) mass is 564 g/mol. The molecule has 12 heteroatoms. The Kier molecular flexibility index (Phi) is 8.46. The number of rotatable bonds is 10.